The van der Waals surface area contributed by atoms with Crippen molar-refractivity contribution in [3.63, 3.8) is 0 Å². The molecule has 0 radical (unpaired) electrons. The second-order valence-electron chi connectivity index (χ2n) is 3.60. The molecule has 0 aliphatic rings. The summed E-state index contributed by atoms with van der Waals surface area (Å²) in [6.07, 6.45) is 2.37. The Morgan fingerprint density at radius 2 is 2.36 bits per heavy atom. The lowest BCUT2D eigenvalue weighted by Crippen LogP contribution is -2.17. The van der Waals surface area contributed by atoms with Crippen molar-refractivity contribution < 1.29 is 0 Å². The van der Waals surface area contributed by atoms with Gasteiger partial charge in [-0.15, -0.1) is 0 Å². The molecule has 1 rings (SSSR count). The summed E-state index contributed by atoms with van der Waals surface area (Å²) in [7, 11) is 0. The van der Waals surface area contributed by atoms with Crippen LogP contribution in [0.25, 0.3) is 0 Å². The van der Waals surface area contributed by atoms with Gasteiger partial charge >= 0.3 is 0 Å². The van der Waals surface area contributed by atoms with Crippen LogP contribution < -0.4 is 16.6 Å². The highest BCUT2D eigenvalue weighted by atomic mass is 16.1. The number of aromatic nitrogens is 2. The minimum atomic E-state index is -0.299. The molecule has 5 heteroatoms. The lowest BCUT2D eigenvalue weighted by Gasteiger charge is -2.08. The van der Waals surface area contributed by atoms with Crippen LogP contribution in [0.4, 0.5) is 11.5 Å². The average molecular weight is 196 g/mol. The second-order valence-corrected chi connectivity index (χ2v) is 3.60. The minimum Gasteiger partial charge on any atom is -0.391 e. The molecule has 4 N–H and O–H groups in total. The fourth-order valence-electron chi connectivity index (χ4n) is 1.03. The van der Waals surface area contributed by atoms with E-state index in [9.17, 15) is 4.79 Å². The summed E-state index contributed by atoms with van der Waals surface area (Å²) in [6, 6.07) is 0. The van der Waals surface area contributed by atoms with Crippen LogP contribution in [0.5, 0.6) is 0 Å². The number of rotatable bonds is 4. The number of hydrogen-bond donors (Lipinski definition) is 3. The van der Waals surface area contributed by atoms with Crippen LogP contribution in [-0.2, 0) is 0 Å². The van der Waals surface area contributed by atoms with Crippen molar-refractivity contribution in [3.8, 4) is 0 Å². The Kier molecular flexibility index (Phi) is 3.50. The summed E-state index contributed by atoms with van der Waals surface area (Å²) in [6.45, 7) is 5.05. The summed E-state index contributed by atoms with van der Waals surface area (Å²) in [5.41, 5.74) is 5.38. The van der Waals surface area contributed by atoms with Crippen molar-refractivity contribution in [2.24, 2.45) is 5.92 Å². The van der Waals surface area contributed by atoms with E-state index < -0.39 is 0 Å². The summed E-state index contributed by atoms with van der Waals surface area (Å²) in [5.74, 6) is 1.08. The first-order valence-electron chi connectivity index (χ1n) is 4.68. The quantitative estimate of drug-likeness (QED) is 0.665. The molecule has 0 saturated carbocycles. The summed E-state index contributed by atoms with van der Waals surface area (Å²) >= 11 is 0. The van der Waals surface area contributed by atoms with Crippen molar-refractivity contribution in [2.45, 2.75) is 20.3 Å². The number of anilines is 2. The molecule has 1 aromatic rings. The van der Waals surface area contributed by atoms with Crippen LogP contribution in [0.2, 0.25) is 0 Å². The molecule has 0 spiro atoms. The van der Waals surface area contributed by atoms with Gasteiger partial charge in [0.1, 0.15) is 5.69 Å². The van der Waals surface area contributed by atoms with Gasteiger partial charge < -0.3 is 16.0 Å². The van der Waals surface area contributed by atoms with Crippen LogP contribution in [-0.4, -0.2) is 16.5 Å². The maximum absolute atomic E-state index is 11.1. The molecular weight excluding hydrogens is 180 g/mol. The van der Waals surface area contributed by atoms with Gasteiger partial charge in [0.2, 0.25) is 0 Å². The van der Waals surface area contributed by atoms with E-state index in [-0.39, 0.29) is 11.2 Å². The zero-order valence-electron chi connectivity index (χ0n) is 8.50. The van der Waals surface area contributed by atoms with Gasteiger partial charge in [-0.25, -0.2) is 4.98 Å². The number of nitrogens with one attached hydrogen (secondary N) is 2. The van der Waals surface area contributed by atoms with E-state index in [1.54, 1.807) is 0 Å². The van der Waals surface area contributed by atoms with Crippen molar-refractivity contribution in [1.29, 1.82) is 0 Å². The Bertz CT molecular complexity index is 345. The number of hydrogen-bond acceptors (Lipinski definition) is 4. The Balaban J connectivity index is 2.59. The lowest BCUT2D eigenvalue weighted by atomic mass is 10.1. The molecule has 1 aromatic heterocycles. The second kappa shape index (κ2) is 4.64. The molecule has 0 aliphatic carbocycles. The normalized spacial score (nSPS) is 10.5. The van der Waals surface area contributed by atoms with Crippen LogP contribution in [0.1, 0.15) is 20.3 Å². The maximum atomic E-state index is 11.1. The summed E-state index contributed by atoms with van der Waals surface area (Å²) in [5, 5.41) is 3.03. The largest absolute Gasteiger partial charge is 0.391 e. The average Bonchev–Trinajstić information content (AvgIpc) is 2.12. The third-order valence-corrected chi connectivity index (χ3v) is 1.90. The van der Waals surface area contributed by atoms with Crippen molar-refractivity contribution >= 4 is 11.5 Å². The first-order chi connectivity index (χ1) is 6.61. The third kappa shape index (κ3) is 2.76. The molecule has 0 fully saturated rings. The van der Waals surface area contributed by atoms with E-state index in [1.807, 2.05) is 0 Å². The van der Waals surface area contributed by atoms with E-state index >= 15 is 0 Å². The van der Waals surface area contributed by atoms with Gasteiger partial charge in [-0.3, -0.25) is 4.79 Å². The number of nitrogens with two attached hydrogens (primary N) is 1. The Labute approximate surface area is 82.7 Å². The number of nitrogen functional groups attached to an aromatic ring is 1. The molecule has 0 aromatic carbocycles. The molecule has 78 valence electrons. The Morgan fingerprint density at radius 1 is 1.64 bits per heavy atom. The van der Waals surface area contributed by atoms with Gasteiger partial charge in [-0.1, -0.05) is 13.8 Å². The van der Waals surface area contributed by atoms with Crippen LogP contribution in [0.3, 0.4) is 0 Å². The molecule has 0 aliphatic heterocycles. The van der Waals surface area contributed by atoms with Crippen LogP contribution >= 0.6 is 0 Å². The lowest BCUT2D eigenvalue weighted by molar-refractivity contribution is 0.606. The summed E-state index contributed by atoms with van der Waals surface area (Å²) < 4.78 is 0. The SMILES string of the molecule is CC(C)CCNc1nc[nH]c(=O)c1N. The van der Waals surface area contributed by atoms with Gasteiger partial charge in [-0.05, 0) is 12.3 Å². The first-order valence-corrected chi connectivity index (χ1v) is 4.68. The van der Waals surface area contributed by atoms with Crippen molar-refractivity contribution in [3.05, 3.63) is 16.7 Å². The van der Waals surface area contributed by atoms with E-state index in [2.05, 4.69) is 29.1 Å². The zero-order chi connectivity index (χ0) is 10.6. The monoisotopic (exact) mass is 196 g/mol. The van der Waals surface area contributed by atoms with Gasteiger partial charge in [0, 0.05) is 6.54 Å². The van der Waals surface area contributed by atoms with Crippen molar-refractivity contribution in [1.82, 2.24) is 9.97 Å². The van der Waals surface area contributed by atoms with Crippen LogP contribution in [0, 0.1) is 5.92 Å². The van der Waals surface area contributed by atoms with E-state index in [0.717, 1.165) is 13.0 Å². The molecule has 0 amide bonds. The molecule has 5 nitrogen and oxygen atoms in total. The fraction of sp³-hybridized carbons (Fsp3) is 0.556. The van der Waals surface area contributed by atoms with Crippen molar-refractivity contribution in [2.75, 3.05) is 17.6 Å². The van der Waals surface area contributed by atoms with E-state index in [0.29, 0.717) is 11.7 Å². The molecule has 1 heterocycles. The standard InChI is InChI=1S/C9H16N4O/c1-6(2)3-4-11-8-7(10)9(14)13-5-12-8/h5-6H,3-4,10H2,1-2H3,(H2,11,12,13,14). The number of H-pyrrole nitrogens is 1. The molecule has 0 unspecified atom stereocenters. The Hall–Kier alpha value is -1.52. The topological polar surface area (TPSA) is 83.8 Å². The minimum absolute atomic E-state index is 0.149. The molecule has 14 heavy (non-hydrogen) atoms. The first kappa shape index (κ1) is 10.6. The molecule has 0 atom stereocenters. The number of nitrogens with zero attached hydrogens (tertiary/aromatic N) is 1. The van der Waals surface area contributed by atoms with E-state index in [1.165, 1.54) is 6.33 Å². The molecule has 0 bridgehead atoms. The summed E-state index contributed by atoms with van der Waals surface area (Å²) in [4.78, 5) is 17.4. The smallest absolute Gasteiger partial charge is 0.276 e. The molecular formula is C9H16N4O. The van der Waals surface area contributed by atoms with Crippen LogP contribution in [0.15, 0.2) is 11.1 Å². The fourth-order valence-corrected chi connectivity index (χ4v) is 1.03. The van der Waals surface area contributed by atoms with Gasteiger partial charge in [0.05, 0.1) is 6.33 Å². The van der Waals surface area contributed by atoms with E-state index in [4.69, 9.17) is 5.73 Å². The molecule has 0 saturated heterocycles. The zero-order valence-corrected chi connectivity index (χ0v) is 8.50. The highest BCUT2D eigenvalue weighted by molar-refractivity contribution is 5.58. The highest BCUT2D eigenvalue weighted by Crippen LogP contribution is 2.08. The van der Waals surface area contributed by atoms with Gasteiger partial charge in [0.15, 0.2) is 5.82 Å². The highest BCUT2D eigenvalue weighted by Gasteiger charge is 2.03. The van der Waals surface area contributed by atoms with Gasteiger partial charge in [-0.2, -0.15) is 0 Å². The third-order valence-electron chi connectivity index (χ3n) is 1.90. The maximum Gasteiger partial charge on any atom is 0.276 e. The Morgan fingerprint density at radius 3 is 3.00 bits per heavy atom. The predicted molar refractivity (Wildman–Crippen MR) is 57.2 cm³/mol. The predicted octanol–water partition coefficient (Wildman–Crippen LogP) is 0.810. The van der Waals surface area contributed by atoms with Gasteiger partial charge in [0.25, 0.3) is 5.56 Å². The number of aromatic amines is 1.